The molecule has 0 aliphatic heterocycles. The van der Waals surface area contributed by atoms with Gasteiger partial charge in [0.05, 0.1) is 6.04 Å². The Balaban J connectivity index is 3.11. The number of thiol groups is 2. The molecule has 4 unspecified atom stereocenters. The van der Waals surface area contributed by atoms with Crippen molar-refractivity contribution < 1.29 is 29.4 Å². The Morgan fingerprint density at radius 1 is 0.889 bits per heavy atom. The molecular weight excluding hydrogens is 510 g/mol. The maximum absolute atomic E-state index is 13.2. The van der Waals surface area contributed by atoms with Crippen LogP contribution in [0.5, 0.6) is 5.75 Å². The first-order valence-corrected chi connectivity index (χ1v) is 12.2. The molecule has 0 fully saturated rings. The van der Waals surface area contributed by atoms with Gasteiger partial charge in [-0.3, -0.25) is 19.4 Å². The van der Waals surface area contributed by atoms with E-state index in [9.17, 15) is 29.4 Å². The maximum atomic E-state index is 13.2. The molecular formula is C21H33N7O6S2. The molecule has 1 aromatic carbocycles. The van der Waals surface area contributed by atoms with Crippen LogP contribution in [0.15, 0.2) is 29.3 Å². The van der Waals surface area contributed by atoms with Crippen LogP contribution in [0.3, 0.4) is 0 Å². The molecule has 36 heavy (non-hydrogen) atoms. The zero-order chi connectivity index (χ0) is 27.3. The molecule has 3 amide bonds. The number of benzene rings is 1. The Morgan fingerprint density at radius 2 is 1.44 bits per heavy atom. The third-order valence-corrected chi connectivity index (χ3v) is 5.68. The number of hydrogen-bond acceptors (Lipinski definition) is 9. The largest absolute Gasteiger partial charge is 0.508 e. The summed E-state index contributed by atoms with van der Waals surface area (Å²) in [7, 11) is 0. The van der Waals surface area contributed by atoms with Crippen molar-refractivity contribution in [2.45, 2.75) is 43.4 Å². The summed E-state index contributed by atoms with van der Waals surface area (Å²) in [6.45, 7) is 0.168. The van der Waals surface area contributed by atoms with E-state index in [0.29, 0.717) is 5.56 Å². The Labute approximate surface area is 219 Å². The number of guanidine groups is 1. The summed E-state index contributed by atoms with van der Waals surface area (Å²) in [5.74, 6) is -3.62. The van der Waals surface area contributed by atoms with E-state index in [1.807, 2.05) is 0 Å². The lowest BCUT2D eigenvalue weighted by Crippen LogP contribution is -2.58. The highest BCUT2D eigenvalue weighted by Crippen LogP contribution is 2.12. The molecule has 13 nitrogen and oxygen atoms in total. The van der Waals surface area contributed by atoms with Crippen molar-refractivity contribution in [1.29, 1.82) is 0 Å². The number of carbonyl (C=O) groups excluding carboxylic acids is 3. The number of hydrogen-bond donors (Lipinski definition) is 10. The number of carboxylic acids is 1. The van der Waals surface area contributed by atoms with Crippen molar-refractivity contribution in [3.05, 3.63) is 29.8 Å². The second kappa shape index (κ2) is 15.7. The quantitative estimate of drug-likeness (QED) is 0.0495. The average molecular weight is 544 g/mol. The summed E-state index contributed by atoms with van der Waals surface area (Å²) in [4.78, 5) is 53.5. The normalized spacial score (nSPS) is 14.0. The second-order valence-electron chi connectivity index (χ2n) is 7.81. The highest BCUT2D eigenvalue weighted by Gasteiger charge is 2.30. The number of phenols is 1. The van der Waals surface area contributed by atoms with Gasteiger partial charge in [0, 0.05) is 24.5 Å². The number of nitrogens with zero attached hydrogens (tertiary/aromatic N) is 1. The Morgan fingerprint density at radius 3 is 1.97 bits per heavy atom. The van der Waals surface area contributed by atoms with Gasteiger partial charge in [-0.1, -0.05) is 12.1 Å². The molecule has 0 saturated carbocycles. The van der Waals surface area contributed by atoms with E-state index in [1.54, 1.807) is 12.1 Å². The first-order chi connectivity index (χ1) is 17.0. The van der Waals surface area contributed by atoms with Crippen LogP contribution in [-0.4, -0.2) is 82.1 Å². The van der Waals surface area contributed by atoms with E-state index < -0.39 is 47.9 Å². The molecule has 0 radical (unpaired) electrons. The maximum Gasteiger partial charge on any atom is 0.327 e. The molecule has 1 rings (SSSR count). The number of aromatic hydroxyl groups is 1. The molecule has 0 aromatic heterocycles. The fraction of sp³-hybridized carbons (Fsp3) is 0.476. The number of aliphatic imine (C=N–C) groups is 1. The molecule has 0 aliphatic rings. The van der Waals surface area contributed by atoms with Crippen molar-refractivity contribution in [2.75, 3.05) is 18.1 Å². The van der Waals surface area contributed by atoms with Gasteiger partial charge in [0.15, 0.2) is 5.96 Å². The molecule has 0 spiro atoms. The number of nitrogens with two attached hydrogens (primary N) is 3. The van der Waals surface area contributed by atoms with Gasteiger partial charge in [-0.15, -0.1) is 0 Å². The van der Waals surface area contributed by atoms with Gasteiger partial charge < -0.3 is 43.4 Å². The predicted molar refractivity (Wildman–Crippen MR) is 141 cm³/mol. The lowest BCUT2D eigenvalue weighted by atomic mass is 10.0. The molecule has 15 heteroatoms. The third kappa shape index (κ3) is 11.0. The van der Waals surface area contributed by atoms with Gasteiger partial charge in [-0.25, -0.2) is 4.79 Å². The molecule has 1 aromatic rings. The van der Waals surface area contributed by atoms with E-state index in [4.69, 9.17) is 17.2 Å². The molecule has 0 bridgehead atoms. The summed E-state index contributed by atoms with van der Waals surface area (Å²) in [5.41, 5.74) is 16.9. The van der Waals surface area contributed by atoms with Gasteiger partial charge in [0.1, 0.15) is 23.9 Å². The summed E-state index contributed by atoms with van der Waals surface area (Å²) < 4.78 is 0. The van der Waals surface area contributed by atoms with Crippen LogP contribution >= 0.6 is 25.3 Å². The number of carbonyl (C=O) groups is 4. The van der Waals surface area contributed by atoms with Crippen LogP contribution in [-0.2, 0) is 25.6 Å². The van der Waals surface area contributed by atoms with Crippen LogP contribution in [0.25, 0.3) is 0 Å². The summed E-state index contributed by atoms with van der Waals surface area (Å²) >= 11 is 7.92. The number of rotatable bonds is 15. The number of carboxylic acid groups (broad SMARTS) is 1. The van der Waals surface area contributed by atoms with Crippen LogP contribution < -0.4 is 33.2 Å². The number of nitrogens with one attached hydrogen (secondary N) is 3. The van der Waals surface area contributed by atoms with Crippen molar-refractivity contribution in [3.8, 4) is 5.75 Å². The zero-order valence-corrected chi connectivity index (χ0v) is 21.3. The Bertz CT molecular complexity index is 928. The van der Waals surface area contributed by atoms with E-state index >= 15 is 0 Å². The van der Waals surface area contributed by atoms with Gasteiger partial charge in [-0.05, 0) is 30.5 Å². The number of phenolic OH excluding ortho intramolecular Hbond substituents is 1. The number of amides is 3. The molecule has 0 heterocycles. The summed E-state index contributed by atoms with van der Waals surface area (Å²) in [5, 5.41) is 26.2. The molecule has 200 valence electrons. The van der Waals surface area contributed by atoms with Crippen molar-refractivity contribution >= 4 is 54.9 Å². The van der Waals surface area contributed by atoms with E-state index in [-0.39, 0.29) is 49.0 Å². The Hall–Kier alpha value is -3.17. The molecule has 0 saturated heterocycles. The SMILES string of the molecule is NC(N)=NCCCC(NC(=O)C(Cc1ccc(O)cc1)NC(=O)C(N)CS)C(=O)NC(CS)C(=O)O. The minimum absolute atomic E-state index is 0.0217. The molecule has 11 N–H and O–H groups in total. The van der Waals surface area contributed by atoms with Crippen molar-refractivity contribution in [1.82, 2.24) is 16.0 Å². The highest BCUT2D eigenvalue weighted by atomic mass is 32.1. The lowest BCUT2D eigenvalue weighted by Gasteiger charge is -2.25. The van der Waals surface area contributed by atoms with Gasteiger partial charge >= 0.3 is 5.97 Å². The summed E-state index contributed by atoms with van der Waals surface area (Å²) in [6, 6.07) is 1.44. The van der Waals surface area contributed by atoms with E-state index in [0.717, 1.165) is 0 Å². The van der Waals surface area contributed by atoms with E-state index in [1.165, 1.54) is 12.1 Å². The second-order valence-corrected chi connectivity index (χ2v) is 8.54. The van der Waals surface area contributed by atoms with Crippen molar-refractivity contribution in [2.24, 2.45) is 22.2 Å². The molecule has 0 aliphatic carbocycles. The van der Waals surface area contributed by atoms with Gasteiger partial charge in [-0.2, -0.15) is 25.3 Å². The third-order valence-electron chi connectivity index (χ3n) is 4.92. The fourth-order valence-electron chi connectivity index (χ4n) is 2.94. The first-order valence-electron chi connectivity index (χ1n) is 10.9. The van der Waals surface area contributed by atoms with Crippen LogP contribution in [0.2, 0.25) is 0 Å². The monoisotopic (exact) mass is 543 g/mol. The minimum Gasteiger partial charge on any atom is -0.508 e. The summed E-state index contributed by atoms with van der Waals surface area (Å²) in [6.07, 6.45) is 0.381. The van der Waals surface area contributed by atoms with Crippen LogP contribution in [0.4, 0.5) is 0 Å². The smallest absolute Gasteiger partial charge is 0.327 e. The lowest BCUT2D eigenvalue weighted by molar-refractivity contribution is -0.141. The highest BCUT2D eigenvalue weighted by molar-refractivity contribution is 7.80. The van der Waals surface area contributed by atoms with Gasteiger partial charge in [0.2, 0.25) is 17.7 Å². The predicted octanol–water partition coefficient (Wildman–Crippen LogP) is -2.29. The standard InChI is InChI=1S/C21H33N7O6S2/c22-13(9-35)17(30)27-15(8-11-3-5-12(29)6-4-11)19(32)26-14(2-1-7-25-21(23)24)18(31)28-16(10-36)20(33)34/h3-6,13-16,29,35-36H,1-2,7-10,22H2,(H,26,32)(H,27,30)(H,28,31)(H,33,34)(H4,23,24,25). The average Bonchev–Trinajstić information content (AvgIpc) is 2.83. The number of aliphatic carboxylic acids is 1. The van der Waals surface area contributed by atoms with Crippen LogP contribution in [0.1, 0.15) is 18.4 Å². The van der Waals surface area contributed by atoms with Gasteiger partial charge in [0.25, 0.3) is 0 Å². The van der Waals surface area contributed by atoms with Crippen LogP contribution in [0, 0.1) is 0 Å². The fourth-order valence-corrected chi connectivity index (χ4v) is 3.35. The first kappa shape index (κ1) is 30.9. The minimum atomic E-state index is -1.29. The molecule has 4 atom stereocenters. The van der Waals surface area contributed by atoms with E-state index in [2.05, 4.69) is 46.2 Å². The zero-order valence-electron chi connectivity index (χ0n) is 19.5. The topological polar surface area (TPSA) is 235 Å². The van der Waals surface area contributed by atoms with Crippen molar-refractivity contribution in [3.63, 3.8) is 0 Å². The Kier molecular flexibility index (Phi) is 13.5.